The maximum Gasteiger partial charge on any atom is 0.351 e. The smallest absolute Gasteiger partial charge is 0.351 e. The van der Waals surface area contributed by atoms with E-state index in [4.69, 9.17) is 30.8 Å². The number of nitrogens with zero attached hydrogens (tertiary/aromatic N) is 2. The van der Waals surface area contributed by atoms with Gasteiger partial charge in [-0.3, -0.25) is 14.2 Å². The summed E-state index contributed by atoms with van der Waals surface area (Å²) in [6.45, 7) is -0.576. The third-order valence-electron chi connectivity index (χ3n) is 4.45. The van der Waals surface area contributed by atoms with Gasteiger partial charge in [0.1, 0.15) is 36.8 Å². The van der Waals surface area contributed by atoms with Crippen molar-refractivity contribution >= 4 is 18.3 Å². The lowest BCUT2D eigenvalue weighted by molar-refractivity contribution is -0.151. The molecule has 1 aliphatic heterocycles. The summed E-state index contributed by atoms with van der Waals surface area (Å²) >= 11 is 0. The van der Waals surface area contributed by atoms with Gasteiger partial charge in [-0.2, -0.15) is 4.98 Å². The fourth-order valence-electron chi connectivity index (χ4n) is 2.94. The molecule has 2 aromatic rings. The van der Waals surface area contributed by atoms with Crippen LogP contribution in [0.2, 0.25) is 0 Å². The van der Waals surface area contributed by atoms with Gasteiger partial charge in [-0.25, -0.2) is 4.79 Å². The highest BCUT2D eigenvalue weighted by molar-refractivity contribution is 5.75. The lowest BCUT2D eigenvalue weighted by atomic mass is 10.1. The number of nitrogen functional groups attached to an aromatic ring is 1. The zero-order valence-corrected chi connectivity index (χ0v) is 16.4. The van der Waals surface area contributed by atoms with E-state index in [1.165, 1.54) is 12.3 Å². The molecule has 5 atom stereocenters. The molecule has 12 nitrogen and oxygen atoms in total. The Bertz CT molecular complexity index is 923. The molecule has 0 spiro atoms. The van der Waals surface area contributed by atoms with E-state index < -0.39 is 42.2 Å². The van der Waals surface area contributed by atoms with Crippen LogP contribution in [0.25, 0.3) is 0 Å². The number of anilines is 1. The van der Waals surface area contributed by atoms with Crippen molar-refractivity contribution in [3.05, 3.63) is 58.6 Å². The predicted molar refractivity (Wildman–Crippen MR) is 107 cm³/mol. The van der Waals surface area contributed by atoms with E-state index >= 15 is 0 Å². The summed E-state index contributed by atoms with van der Waals surface area (Å²) in [5, 5.41) is 27.2. The summed E-state index contributed by atoms with van der Waals surface area (Å²) in [4.78, 5) is 35.9. The molecule has 1 fully saturated rings. The first kappa shape index (κ1) is 24.0. The third kappa shape index (κ3) is 6.33. The zero-order chi connectivity index (χ0) is 23.0. The van der Waals surface area contributed by atoms with Crippen molar-refractivity contribution in [3.63, 3.8) is 0 Å². The topological polar surface area (TPSA) is 200 Å². The minimum Gasteiger partial charge on any atom is -0.483 e. The van der Waals surface area contributed by atoms with E-state index in [9.17, 15) is 19.8 Å². The summed E-state index contributed by atoms with van der Waals surface area (Å²) < 4.78 is 11.6. The standard InChI is InChI=1S/C18H22N4O6.CH2O2/c19-11(8-10-4-2-1-3-5-10)17(25)27-9-12-14(23)15(24)16(28-12)22-7-6-13(20)21-18(22)26;2-1-3/h1-7,11-12,14-16,23-24H,8-9,19H2,(H2,20,21,26);1H,(H,2,3)/t11-,12+,14+,15-,16+;/m0./s1. The van der Waals surface area contributed by atoms with Crippen LogP contribution in [0.5, 0.6) is 0 Å². The van der Waals surface area contributed by atoms with Crippen molar-refractivity contribution in [1.82, 2.24) is 9.55 Å². The number of carbonyl (C=O) groups excluding carboxylic acids is 1. The van der Waals surface area contributed by atoms with E-state index in [0.717, 1.165) is 10.1 Å². The van der Waals surface area contributed by atoms with E-state index in [2.05, 4.69) is 4.98 Å². The molecule has 3 rings (SSSR count). The maximum absolute atomic E-state index is 12.1. The molecule has 0 bridgehead atoms. The molecule has 1 aliphatic rings. The summed E-state index contributed by atoms with van der Waals surface area (Å²) in [6.07, 6.45) is -3.40. The molecular weight excluding hydrogens is 412 g/mol. The second-order valence-corrected chi connectivity index (χ2v) is 6.62. The average molecular weight is 436 g/mol. The summed E-state index contributed by atoms with van der Waals surface area (Å²) in [5.41, 5.74) is 11.4. The molecule has 0 aliphatic carbocycles. The third-order valence-corrected chi connectivity index (χ3v) is 4.45. The normalized spacial score (nSPS) is 23.3. The van der Waals surface area contributed by atoms with Gasteiger partial charge in [0.15, 0.2) is 6.23 Å². The van der Waals surface area contributed by atoms with Crippen LogP contribution < -0.4 is 17.2 Å². The lowest BCUT2D eigenvalue weighted by Gasteiger charge is -2.17. The highest BCUT2D eigenvalue weighted by Crippen LogP contribution is 2.28. The molecule has 1 saturated heterocycles. The SMILES string of the molecule is Nc1ccn([C@@H]2O[C@H](COC(=O)[C@@H](N)Cc3ccccc3)[C@@H](O)[C@@H]2O)c(=O)n1.O=CO. The quantitative estimate of drug-likeness (QED) is 0.254. The molecule has 1 aromatic heterocycles. The summed E-state index contributed by atoms with van der Waals surface area (Å²) in [7, 11) is 0. The zero-order valence-electron chi connectivity index (χ0n) is 16.4. The summed E-state index contributed by atoms with van der Waals surface area (Å²) in [6, 6.07) is 9.70. The largest absolute Gasteiger partial charge is 0.483 e. The molecule has 31 heavy (non-hydrogen) atoms. The van der Waals surface area contributed by atoms with Crippen LogP contribution in [-0.4, -0.2) is 68.3 Å². The van der Waals surface area contributed by atoms with Gasteiger partial charge in [0.2, 0.25) is 0 Å². The second kappa shape index (κ2) is 11.2. The van der Waals surface area contributed by atoms with Crippen LogP contribution in [0.15, 0.2) is 47.4 Å². The number of esters is 1. The fourth-order valence-corrected chi connectivity index (χ4v) is 2.94. The molecular formula is C19H24N4O8. The first-order chi connectivity index (χ1) is 14.8. The Morgan fingerprint density at radius 1 is 1.26 bits per heavy atom. The number of carbonyl (C=O) groups is 2. The van der Waals surface area contributed by atoms with Gasteiger partial charge in [-0.05, 0) is 18.1 Å². The Morgan fingerprint density at radius 2 is 1.90 bits per heavy atom. The molecule has 1 aromatic carbocycles. The Labute approximate surface area is 176 Å². The van der Waals surface area contributed by atoms with Crippen molar-refractivity contribution in [2.75, 3.05) is 12.3 Å². The van der Waals surface area contributed by atoms with Crippen LogP contribution in [0.4, 0.5) is 5.82 Å². The summed E-state index contributed by atoms with van der Waals surface area (Å²) in [5.74, 6) is -0.643. The molecule has 0 unspecified atom stereocenters. The van der Waals surface area contributed by atoms with Crippen molar-refractivity contribution in [3.8, 4) is 0 Å². The van der Waals surface area contributed by atoms with Gasteiger partial charge in [-0.15, -0.1) is 0 Å². The Morgan fingerprint density at radius 3 is 2.52 bits per heavy atom. The maximum atomic E-state index is 12.1. The number of carboxylic acid groups (broad SMARTS) is 1. The number of hydrogen-bond donors (Lipinski definition) is 5. The Balaban J connectivity index is 0.00000107. The number of aliphatic hydroxyl groups is 2. The van der Waals surface area contributed by atoms with Crippen LogP contribution in [0.3, 0.4) is 0 Å². The average Bonchev–Trinajstić information content (AvgIpc) is 3.01. The van der Waals surface area contributed by atoms with Crippen molar-refractivity contribution in [1.29, 1.82) is 0 Å². The number of nitrogens with two attached hydrogens (primary N) is 2. The fraction of sp³-hybridized carbons (Fsp3) is 0.368. The van der Waals surface area contributed by atoms with Crippen molar-refractivity contribution < 1.29 is 34.4 Å². The first-order valence-electron chi connectivity index (χ1n) is 9.18. The van der Waals surface area contributed by atoms with Crippen LogP contribution in [0.1, 0.15) is 11.8 Å². The number of benzene rings is 1. The van der Waals surface area contributed by atoms with Crippen molar-refractivity contribution in [2.45, 2.75) is 37.0 Å². The van der Waals surface area contributed by atoms with Gasteiger partial charge in [0.25, 0.3) is 6.47 Å². The highest BCUT2D eigenvalue weighted by Gasteiger charge is 2.44. The molecule has 12 heteroatoms. The van der Waals surface area contributed by atoms with Crippen LogP contribution >= 0.6 is 0 Å². The van der Waals surface area contributed by atoms with E-state index in [-0.39, 0.29) is 18.9 Å². The highest BCUT2D eigenvalue weighted by atomic mass is 16.6. The Kier molecular flexibility index (Phi) is 8.63. The minimum atomic E-state index is -1.41. The van der Waals surface area contributed by atoms with E-state index in [0.29, 0.717) is 6.42 Å². The molecule has 168 valence electrons. The van der Waals surface area contributed by atoms with Crippen LogP contribution in [0, 0.1) is 0 Å². The molecule has 0 saturated carbocycles. The number of ether oxygens (including phenoxy) is 2. The van der Waals surface area contributed by atoms with Gasteiger partial charge in [0.05, 0.1) is 0 Å². The number of hydrogen-bond acceptors (Lipinski definition) is 10. The molecule has 7 N–H and O–H groups in total. The lowest BCUT2D eigenvalue weighted by Crippen LogP contribution is -2.39. The number of aromatic nitrogens is 2. The second-order valence-electron chi connectivity index (χ2n) is 6.62. The van der Waals surface area contributed by atoms with Crippen LogP contribution in [-0.2, 0) is 25.5 Å². The molecule has 0 amide bonds. The van der Waals surface area contributed by atoms with E-state index in [1.54, 1.807) is 0 Å². The Hall–Kier alpha value is -3.32. The van der Waals surface area contributed by atoms with Gasteiger partial charge < -0.3 is 36.3 Å². The van der Waals surface area contributed by atoms with Crippen molar-refractivity contribution in [2.24, 2.45) is 5.73 Å². The predicted octanol–water partition coefficient (Wildman–Crippen LogP) is -1.74. The van der Waals surface area contributed by atoms with Gasteiger partial charge in [0, 0.05) is 6.20 Å². The van der Waals surface area contributed by atoms with E-state index in [1.807, 2.05) is 30.3 Å². The first-order valence-corrected chi connectivity index (χ1v) is 9.18. The number of aliphatic hydroxyl groups excluding tert-OH is 2. The minimum absolute atomic E-state index is 0.0205. The number of rotatable bonds is 6. The molecule has 2 heterocycles. The van der Waals surface area contributed by atoms with Gasteiger partial charge in [-0.1, -0.05) is 30.3 Å². The monoisotopic (exact) mass is 436 g/mol. The van der Waals surface area contributed by atoms with Gasteiger partial charge >= 0.3 is 11.7 Å². The molecule has 0 radical (unpaired) electrons.